The minimum absolute atomic E-state index is 0.0713. The van der Waals surface area contributed by atoms with Crippen LogP contribution in [0.4, 0.5) is 0 Å². The minimum atomic E-state index is -1.09. The highest BCUT2D eigenvalue weighted by molar-refractivity contribution is 5.99. The first-order valence-corrected chi connectivity index (χ1v) is 16.2. The normalized spacial score (nSPS) is 14.6. The second kappa shape index (κ2) is 12.7. The summed E-state index contributed by atoms with van der Waals surface area (Å²) in [6, 6.07) is 22.5. The number of carbonyl (C=O) groups excluding carboxylic acids is 2. The van der Waals surface area contributed by atoms with Gasteiger partial charge in [0.1, 0.15) is 5.75 Å². The lowest BCUT2D eigenvalue weighted by Crippen LogP contribution is -2.39. The van der Waals surface area contributed by atoms with Crippen LogP contribution < -0.4 is 10.1 Å². The van der Waals surface area contributed by atoms with E-state index in [1.54, 1.807) is 13.8 Å². The van der Waals surface area contributed by atoms with Gasteiger partial charge in [-0.15, -0.1) is 0 Å². The van der Waals surface area contributed by atoms with E-state index in [0.717, 1.165) is 28.6 Å². The number of hydrogen-bond donors (Lipinski definition) is 1. The predicted molar refractivity (Wildman–Crippen MR) is 181 cm³/mol. The molecule has 1 heterocycles. The lowest BCUT2D eigenvalue weighted by molar-refractivity contribution is -0.156. The first-order valence-electron chi connectivity index (χ1n) is 16.2. The fourth-order valence-corrected chi connectivity index (χ4v) is 6.22. The number of fused-ring (bicyclic) bond motifs is 1. The van der Waals surface area contributed by atoms with Gasteiger partial charge in [0.05, 0.1) is 13.2 Å². The zero-order valence-electron chi connectivity index (χ0n) is 28.1. The molecule has 0 radical (unpaired) electrons. The third kappa shape index (κ3) is 7.11. The van der Waals surface area contributed by atoms with Crippen molar-refractivity contribution in [2.45, 2.75) is 97.8 Å². The third-order valence-electron chi connectivity index (χ3n) is 9.34. The van der Waals surface area contributed by atoms with Crippen LogP contribution in [0.25, 0.3) is 10.9 Å². The van der Waals surface area contributed by atoms with Crippen molar-refractivity contribution in [3.63, 3.8) is 0 Å². The van der Waals surface area contributed by atoms with Crippen LogP contribution in [0.15, 0.2) is 66.7 Å². The van der Waals surface area contributed by atoms with Gasteiger partial charge in [-0.25, -0.2) is 4.79 Å². The van der Waals surface area contributed by atoms with Gasteiger partial charge in [-0.3, -0.25) is 4.79 Å². The molecule has 0 spiro atoms. The molecular formula is C39H48N2O4. The second-order valence-electron chi connectivity index (χ2n) is 14.2. The molecule has 1 N–H and O–H groups in total. The molecule has 45 heavy (non-hydrogen) atoms. The van der Waals surface area contributed by atoms with Gasteiger partial charge in [0.25, 0.3) is 5.91 Å². The van der Waals surface area contributed by atoms with E-state index in [2.05, 4.69) is 80.0 Å². The molecule has 6 nitrogen and oxygen atoms in total. The van der Waals surface area contributed by atoms with Crippen LogP contribution in [0.5, 0.6) is 5.75 Å². The van der Waals surface area contributed by atoms with Crippen LogP contribution in [-0.2, 0) is 27.9 Å². The number of amides is 1. The number of hydrogen-bond acceptors (Lipinski definition) is 4. The maximum absolute atomic E-state index is 13.5. The minimum Gasteiger partial charge on any atom is -0.476 e. The molecule has 0 saturated heterocycles. The van der Waals surface area contributed by atoms with Crippen LogP contribution in [0.2, 0.25) is 0 Å². The topological polar surface area (TPSA) is 69.6 Å². The number of ether oxygens (including phenoxy) is 2. The molecule has 0 bridgehead atoms. The van der Waals surface area contributed by atoms with E-state index in [1.807, 2.05) is 31.2 Å². The maximum Gasteiger partial charge on any atom is 0.349 e. The van der Waals surface area contributed by atoms with Crippen LogP contribution in [0, 0.1) is 12.8 Å². The summed E-state index contributed by atoms with van der Waals surface area (Å²) in [6.45, 7) is 15.2. The smallest absolute Gasteiger partial charge is 0.349 e. The number of aromatic nitrogens is 1. The predicted octanol–water partition coefficient (Wildman–Crippen LogP) is 8.46. The molecule has 1 saturated carbocycles. The van der Waals surface area contributed by atoms with E-state index in [4.69, 9.17) is 9.47 Å². The number of rotatable bonds is 10. The Kier molecular flexibility index (Phi) is 9.16. The van der Waals surface area contributed by atoms with Crippen molar-refractivity contribution < 1.29 is 19.1 Å². The molecule has 5 rings (SSSR count). The molecule has 1 amide bonds. The van der Waals surface area contributed by atoms with Crippen molar-refractivity contribution >= 4 is 22.8 Å². The van der Waals surface area contributed by atoms with Crippen LogP contribution in [-0.4, -0.2) is 29.2 Å². The largest absolute Gasteiger partial charge is 0.476 e. The molecule has 1 aromatic heterocycles. The fourth-order valence-electron chi connectivity index (χ4n) is 6.22. The zero-order chi connectivity index (χ0) is 32.5. The quantitative estimate of drug-likeness (QED) is 0.183. The summed E-state index contributed by atoms with van der Waals surface area (Å²) in [6.07, 6.45) is 4.49. The van der Waals surface area contributed by atoms with Gasteiger partial charge in [0.2, 0.25) is 0 Å². The highest BCUT2D eigenvalue weighted by Gasteiger charge is 2.31. The van der Waals surface area contributed by atoms with Crippen LogP contribution in [0.1, 0.15) is 105 Å². The zero-order valence-corrected chi connectivity index (χ0v) is 28.1. The monoisotopic (exact) mass is 608 g/mol. The second-order valence-corrected chi connectivity index (χ2v) is 14.2. The number of esters is 1. The summed E-state index contributed by atoms with van der Waals surface area (Å²) >= 11 is 0. The van der Waals surface area contributed by atoms with Crippen molar-refractivity contribution in [1.29, 1.82) is 0 Å². The number of benzene rings is 3. The molecule has 0 aliphatic heterocycles. The van der Waals surface area contributed by atoms with Gasteiger partial charge in [0.15, 0.2) is 5.60 Å². The molecule has 1 aliphatic carbocycles. The van der Waals surface area contributed by atoms with Gasteiger partial charge in [-0.05, 0) is 105 Å². The van der Waals surface area contributed by atoms with Gasteiger partial charge >= 0.3 is 5.97 Å². The Morgan fingerprint density at radius 2 is 1.69 bits per heavy atom. The number of carbonyl (C=O) groups is 2. The van der Waals surface area contributed by atoms with Crippen LogP contribution >= 0.6 is 0 Å². The highest BCUT2D eigenvalue weighted by atomic mass is 16.6. The average Bonchev–Trinajstić information content (AvgIpc) is 3.23. The van der Waals surface area contributed by atoms with Crippen LogP contribution in [0.3, 0.4) is 0 Å². The molecule has 4 aromatic rings. The first kappa shape index (κ1) is 32.3. The third-order valence-corrected chi connectivity index (χ3v) is 9.34. The molecule has 6 heteroatoms. The van der Waals surface area contributed by atoms with Gasteiger partial charge in [-0.1, -0.05) is 69.7 Å². The summed E-state index contributed by atoms with van der Waals surface area (Å²) in [7, 11) is 1.37. The molecule has 238 valence electrons. The Bertz CT molecular complexity index is 1690. The maximum atomic E-state index is 13.5. The van der Waals surface area contributed by atoms with Crippen molar-refractivity contribution in [2.75, 3.05) is 7.11 Å². The van der Waals surface area contributed by atoms with Gasteiger partial charge in [0, 0.05) is 28.7 Å². The molecule has 1 aliphatic rings. The number of nitrogens with zero attached hydrogens (tertiary/aromatic N) is 1. The Morgan fingerprint density at radius 3 is 2.31 bits per heavy atom. The van der Waals surface area contributed by atoms with Gasteiger partial charge in [-0.2, -0.15) is 0 Å². The molecule has 1 atom stereocenters. The molecule has 3 aromatic carbocycles. The Hall–Kier alpha value is -4.06. The number of methoxy groups -OCH3 is 1. The summed E-state index contributed by atoms with van der Waals surface area (Å²) < 4.78 is 13.4. The Balaban J connectivity index is 1.42. The van der Waals surface area contributed by atoms with Crippen molar-refractivity contribution in [2.24, 2.45) is 5.92 Å². The van der Waals surface area contributed by atoms with E-state index in [-0.39, 0.29) is 17.4 Å². The standard InChI is InChI=1S/C39H48N2O4/c1-25(29-15-18-31(19-16-29)38(3,4)5)40-36(42)30-17-20-33-34(26(2)41(35(33)23-30)24-27-11-9-12-27)22-28-13-10-14-32(21-28)45-39(6,7)37(43)44-8/h10,13-21,23,25,27H,9,11-12,22,24H2,1-8H3,(H,40,42)/t25-/m0/s1. The summed E-state index contributed by atoms with van der Waals surface area (Å²) in [5.41, 5.74) is 6.69. The van der Waals surface area contributed by atoms with Crippen molar-refractivity contribution in [1.82, 2.24) is 9.88 Å². The Labute approximate surface area is 268 Å². The first-order chi connectivity index (χ1) is 21.3. The lowest BCUT2D eigenvalue weighted by Gasteiger charge is -2.27. The molecular weight excluding hydrogens is 560 g/mol. The molecule has 1 fully saturated rings. The number of nitrogens with one attached hydrogen (secondary N) is 1. The fraction of sp³-hybridized carbons (Fsp3) is 0.436. The summed E-state index contributed by atoms with van der Waals surface area (Å²) in [4.78, 5) is 25.7. The summed E-state index contributed by atoms with van der Waals surface area (Å²) in [5.74, 6) is 0.798. The SMILES string of the molecule is COC(=O)C(C)(C)Oc1cccc(Cc2c(C)n(CC3CCC3)c3cc(C(=O)N[C@@H](C)c4ccc(C(C)(C)C)cc4)ccc23)c1. The van der Waals surface area contributed by atoms with Gasteiger partial charge < -0.3 is 19.4 Å². The lowest BCUT2D eigenvalue weighted by atomic mass is 9.85. The average molecular weight is 609 g/mol. The van der Waals surface area contributed by atoms with E-state index >= 15 is 0 Å². The van der Waals surface area contributed by atoms with E-state index in [9.17, 15) is 9.59 Å². The van der Waals surface area contributed by atoms with Crippen molar-refractivity contribution in [3.8, 4) is 5.75 Å². The highest BCUT2D eigenvalue weighted by Crippen LogP contribution is 2.35. The van der Waals surface area contributed by atoms with E-state index < -0.39 is 11.6 Å². The summed E-state index contributed by atoms with van der Waals surface area (Å²) in [5, 5.41) is 4.38. The van der Waals surface area contributed by atoms with E-state index in [1.165, 1.54) is 43.2 Å². The van der Waals surface area contributed by atoms with Crippen molar-refractivity contribution in [3.05, 3.63) is 100 Å². The molecule has 0 unspecified atom stereocenters. The van der Waals surface area contributed by atoms with E-state index in [0.29, 0.717) is 23.7 Å². The Morgan fingerprint density at radius 1 is 0.978 bits per heavy atom.